The Morgan fingerprint density at radius 1 is 1.03 bits per heavy atom. The number of fused-ring (bicyclic) bond motifs is 2. The van der Waals surface area contributed by atoms with Gasteiger partial charge >= 0.3 is 0 Å². The Morgan fingerprint density at radius 3 is 2.55 bits per heavy atom. The van der Waals surface area contributed by atoms with Gasteiger partial charge in [0.15, 0.2) is 5.82 Å². The predicted octanol–water partition coefficient (Wildman–Crippen LogP) is 4.74. The number of halogens is 1. The Morgan fingerprint density at radius 2 is 1.79 bits per heavy atom. The molecule has 0 radical (unpaired) electrons. The van der Waals surface area contributed by atoms with E-state index in [9.17, 15) is 9.18 Å². The first kappa shape index (κ1) is 20.3. The standard InChI is InChI=1S/C26H26FN5O/c27-20-7-3-4-8-22(20)30-25-19-15-32(26(33)23-17-5-1-2-6-18(17)23)14-11-21(19)29-24(31-25)16-9-12-28-13-10-16/h3-4,7-10,12-13,17-18,23H,1-2,5-6,11,14-15H2,(H,29,30,31)/t17-,18+,23?. The summed E-state index contributed by atoms with van der Waals surface area (Å²) in [5.74, 6) is 2.40. The molecule has 1 amide bonds. The molecule has 2 aliphatic carbocycles. The number of amides is 1. The number of rotatable bonds is 4. The van der Waals surface area contributed by atoms with Gasteiger partial charge in [0.05, 0.1) is 17.9 Å². The monoisotopic (exact) mass is 443 g/mol. The van der Waals surface area contributed by atoms with Crippen molar-refractivity contribution in [1.82, 2.24) is 19.9 Å². The van der Waals surface area contributed by atoms with Gasteiger partial charge in [-0.2, -0.15) is 0 Å². The maximum atomic E-state index is 14.4. The van der Waals surface area contributed by atoms with Gasteiger partial charge in [0.2, 0.25) is 5.91 Å². The van der Waals surface area contributed by atoms with Gasteiger partial charge < -0.3 is 10.2 Å². The van der Waals surface area contributed by atoms with Crippen LogP contribution in [0.3, 0.4) is 0 Å². The van der Waals surface area contributed by atoms with Crippen molar-refractivity contribution in [1.29, 1.82) is 0 Å². The molecule has 168 valence electrons. The van der Waals surface area contributed by atoms with E-state index in [1.54, 1.807) is 30.6 Å². The van der Waals surface area contributed by atoms with Crippen molar-refractivity contribution in [2.75, 3.05) is 11.9 Å². The second kappa shape index (κ2) is 8.21. The molecular formula is C26H26FN5O. The fraction of sp³-hybridized carbons (Fsp3) is 0.385. The van der Waals surface area contributed by atoms with Crippen LogP contribution >= 0.6 is 0 Å². The van der Waals surface area contributed by atoms with E-state index < -0.39 is 0 Å². The minimum Gasteiger partial charge on any atom is -0.338 e. The summed E-state index contributed by atoms with van der Waals surface area (Å²) in [6.07, 6.45) is 8.94. The largest absolute Gasteiger partial charge is 0.338 e. The number of hydrogen-bond acceptors (Lipinski definition) is 5. The second-order valence-corrected chi connectivity index (χ2v) is 9.31. The molecule has 0 bridgehead atoms. The quantitative estimate of drug-likeness (QED) is 0.631. The molecule has 3 aliphatic rings. The van der Waals surface area contributed by atoms with Crippen LogP contribution in [0.4, 0.5) is 15.9 Å². The van der Waals surface area contributed by atoms with E-state index in [1.807, 2.05) is 17.0 Å². The molecule has 3 atom stereocenters. The lowest BCUT2D eigenvalue weighted by molar-refractivity contribution is -0.134. The average Bonchev–Trinajstić information content (AvgIpc) is 3.59. The SMILES string of the molecule is O=C(C1[C@H]2CCCC[C@@H]12)N1CCc2nc(-c3ccncc3)nc(Nc3ccccc3F)c2C1. The van der Waals surface area contributed by atoms with E-state index in [0.717, 1.165) is 16.8 Å². The van der Waals surface area contributed by atoms with Gasteiger partial charge in [0.1, 0.15) is 11.6 Å². The van der Waals surface area contributed by atoms with Crippen LogP contribution in [0.5, 0.6) is 0 Å². The first-order valence-electron chi connectivity index (χ1n) is 11.8. The fourth-order valence-corrected chi connectivity index (χ4v) is 5.60. The van der Waals surface area contributed by atoms with Gasteiger partial charge in [0, 0.05) is 42.4 Å². The van der Waals surface area contributed by atoms with Gasteiger partial charge in [-0.15, -0.1) is 0 Å². The molecule has 1 aliphatic heterocycles. The van der Waals surface area contributed by atoms with E-state index in [1.165, 1.54) is 31.7 Å². The summed E-state index contributed by atoms with van der Waals surface area (Å²) in [6, 6.07) is 10.3. The summed E-state index contributed by atoms with van der Waals surface area (Å²) in [5, 5.41) is 3.19. The van der Waals surface area contributed by atoms with Gasteiger partial charge in [-0.3, -0.25) is 9.78 Å². The van der Waals surface area contributed by atoms with Gasteiger partial charge in [-0.25, -0.2) is 14.4 Å². The third-order valence-corrected chi connectivity index (χ3v) is 7.38. The molecule has 6 nitrogen and oxygen atoms in total. The third-order valence-electron chi connectivity index (χ3n) is 7.38. The van der Waals surface area contributed by atoms with Crippen molar-refractivity contribution in [2.45, 2.75) is 38.6 Å². The fourth-order valence-electron chi connectivity index (χ4n) is 5.60. The average molecular weight is 444 g/mol. The highest BCUT2D eigenvalue weighted by molar-refractivity contribution is 5.83. The highest BCUT2D eigenvalue weighted by Gasteiger charge is 2.56. The zero-order valence-electron chi connectivity index (χ0n) is 18.4. The highest BCUT2D eigenvalue weighted by atomic mass is 19.1. The Balaban J connectivity index is 1.34. The third kappa shape index (κ3) is 3.75. The van der Waals surface area contributed by atoms with Crippen LogP contribution in [0.2, 0.25) is 0 Å². The number of nitrogens with one attached hydrogen (secondary N) is 1. The molecule has 0 spiro atoms. The topological polar surface area (TPSA) is 71.0 Å². The first-order chi connectivity index (χ1) is 16.2. The molecular weight excluding hydrogens is 417 g/mol. The summed E-state index contributed by atoms with van der Waals surface area (Å²) >= 11 is 0. The number of pyridine rings is 1. The number of benzene rings is 1. The molecule has 1 aromatic carbocycles. The Bertz CT molecular complexity index is 1190. The van der Waals surface area contributed by atoms with Crippen molar-refractivity contribution < 1.29 is 9.18 Å². The number of anilines is 2. The summed E-state index contributed by atoms with van der Waals surface area (Å²) < 4.78 is 14.4. The van der Waals surface area contributed by atoms with Crippen LogP contribution in [0, 0.1) is 23.6 Å². The highest BCUT2D eigenvalue weighted by Crippen LogP contribution is 2.56. The van der Waals surface area contributed by atoms with Gasteiger partial charge in [0.25, 0.3) is 0 Å². The first-order valence-corrected chi connectivity index (χ1v) is 11.8. The Hall–Kier alpha value is -3.35. The van der Waals surface area contributed by atoms with E-state index >= 15 is 0 Å². The maximum absolute atomic E-state index is 14.4. The zero-order chi connectivity index (χ0) is 22.4. The van der Waals surface area contributed by atoms with E-state index in [0.29, 0.717) is 48.7 Å². The molecule has 33 heavy (non-hydrogen) atoms. The van der Waals surface area contributed by atoms with Gasteiger partial charge in [-0.1, -0.05) is 25.0 Å². The van der Waals surface area contributed by atoms with E-state index in [4.69, 9.17) is 9.97 Å². The molecule has 7 heteroatoms. The predicted molar refractivity (Wildman–Crippen MR) is 123 cm³/mol. The minimum atomic E-state index is -0.346. The summed E-state index contributed by atoms with van der Waals surface area (Å²) in [4.78, 5) is 29.0. The van der Waals surface area contributed by atoms with E-state index in [-0.39, 0.29) is 17.6 Å². The zero-order valence-corrected chi connectivity index (χ0v) is 18.4. The van der Waals surface area contributed by atoms with Crippen LogP contribution in [-0.2, 0) is 17.8 Å². The van der Waals surface area contributed by atoms with Crippen LogP contribution in [0.25, 0.3) is 11.4 Å². The lowest BCUT2D eigenvalue weighted by Gasteiger charge is -2.30. The molecule has 2 fully saturated rings. The number of carbonyl (C=O) groups excluding carboxylic acids is 1. The van der Waals surface area contributed by atoms with Crippen molar-refractivity contribution in [2.24, 2.45) is 17.8 Å². The number of para-hydroxylation sites is 1. The number of aromatic nitrogens is 3. The van der Waals surface area contributed by atoms with Crippen LogP contribution < -0.4 is 5.32 Å². The number of hydrogen-bond donors (Lipinski definition) is 1. The smallest absolute Gasteiger partial charge is 0.226 e. The number of nitrogens with zero attached hydrogens (tertiary/aromatic N) is 4. The molecule has 6 rings (SSSR count). The van der Waals surface area contributed by atoms with Crippen molar-refractivity contribution in [3.05, 3.63) is 65.9 Å². The second-order valence-electron chi connectivity index (χ2n) is 9.31. The van der Waals surface area contributed by atoms with Crippen LogP contribution in [0.1, 0.15) is 36.9 Å². The number of carbonyl (C=O) groups is 1. The summed E-state index contributed by atoms with van der Waals surface area (Å²) in [7, 11) is 0. The van der Waals surface area contributed by atoms with E-state index in [2.05, 4.69) is 10.3 Å². The van der Waals surface area contributed by atoms with Gasteiger partial charge in [-0.05, 0) is 48.9 Å². The molecule has 2 aromatic heterocycles. The van der Waals surface area contributed by atoms with Crippen molar-refractivity contribution in [3.63, 3.8) is 0 Å². The normalized spacial score (nSPS) is 23.4. The maximum Gasteiger partial charge on any atom is 0.226 e. The molecule has 3 heterocycles. The van der Waals surface area contributed by atoms with Crippen LogP contribution in [-0.4, -0.2) is 32.3 Å². The van der Waals surface area contributed by atoms with Crippen molar-refractivity contribution >= 4 is 17.4 Å². The molecule has 1 N–H and O–H groups in total. The molecule has 0 saturated heterocycles. The summed E-state index contributed by atoms with van der Waals surface area (Å²) in [5.41, 5.74) is 2.99. The molecule has 3 aromatic rings. The van der Waals surface area contributed by atoms with Crippen molar-refractivity contribution in [3.8, 4) is 11.4 Å². The Labute approximate surface area is 192 Å². The molecule has 2 saturated carbocycles. The lowest BCUT2D eigenvalue weighted by Crippen LogP contribution is -2.38. The minimum absolute atomic E-state index is 0.189. The molecule has 1 unspecified atom stereocenters. The van der Waals surface area contributed by atoms with Crippen LogP contribution in [0.15, 0.2) is 48.8 Å². The Kier molecular flexibility index (Phi) is 5.04. The lowest BCUT2D eigenvalue weighted by atomic mass is 10.0. The summed E-state index contributed by atoms with van der Waals surface area (Å²) in [6.45, 7) is 1.12.